The quantitative estimate of drug-likeness (QED) is 0.804. The topological polar surface area (TPSA) is 56.1 Å². The van der Waals surface area contributed by atoms with Gasteiger partial charge in [-0.05, 0) is 37.3 Å². The van der Waals surface area contributed by atoms with Gasteiger partial charge in [0.2, 0.25) is 0 Å². The number of para-hydroxylation sites is 2. The van der Waals surface area contributed by atoms with Gasteiger partial charge in [-0.1, -0.05) is 29.8 Å². The van der Waals surface area contributed by atoms with E-state index in [0.717, 1.165) is 11.0 Å². The Kier molecular flexibility index (Phi) is 3.98. The average Bonchev–Trinajstić information content (AvgIpc) is 2.90. The molecule has 2 aromatic carbocycles. The number of nitrogens with zero attached hydrogens (tertiary/aromatic N) is 2. The monoisotopic (exact) mass is 315 g/mol. The first-order chi connectivity index (χ1) is 10.6. The van der Waals surface area contributed by atoms with Crippen LogP contribution in [0.5, 0.6) is 5.75 Å². The molecule has 0 bridgehead atoms. The number of fused-ring (bicyclic) bond motifs is 1. The molecule has 0 saturated heterocycles. The minimum absolute atomic E-state index is 0.275. The Bertz CT molecular complexity index is 816. The third-order valence-corrected chi connectivity index (χ3v) is 3.40. The molecule has 0 aliphatic rings. The lowest BCUT2D eigenvalue weighted by Crippen LogP contribution is -2.34. The van der Waals surface area contributed by atoms with E-state index in [-0.39, 0.29) is 5.91 Å². The van der Waals surface area contributed by atoms with E-state index >= 15 is 0 Å². The summed E-state index contributed by atoms with van der Waals surface area (Å²) in [7, 11) is 0. The molecule has 1 amide bonds. The van der Waals surface area contributed by atoms with Crippen LogP contribution in [0.3, 0.4) is 0 Å². The maximum atomic E-state index is 12.2. The van der Waals surface area contributed by atoms with Crippen molar-refractivity contribution in [2.45, 2.75) is 13.0 Å². The summed E-state index contributed by atoms with van der Waals surface area (Å²) in [5.41, 5.74) is 4.39. The summed E-state index contributed by atoms with van der Waals surface area (Å²) >= 11 is 5.90. The maximum absolute atomic E-state index is 12.2. The molecule has 0 fully saturated rings. The van der Waals surface area contributed by atoms with E-state index < -0.39 is 6.10 Å². The molecule has 0 saturated carbocycles. The molecule has 3 aromatic rings. The molecule has 112 valence electrons. The number of carbonyl (C=O) groups is 1. The Morgan fingerprint density at radius 2 is 2.09 bits per heavy atom. The summed E-state index contributed by atoms with van der Waals surface area (Å²) in [5.74, 6) is 0.272. The molecule has 3 rings (SSSR count). The predicted octanol–water partition coefficient (Wildman–Crippen LogP) is 3.23. The second-order valence-corrected chi connectivity index (χ2v) is 5.23. The van der Waals surface area contributed by atoms with Crippen molar-refractivity contribution in [3.05, 3.63) is 59.9 Å². The zero-order chi connectivity index (χ0) is 15.5. The first-order valence-corrected chi connectivity index (χ1v) is 7.16. The molecule has 22 heavy (non-hydrogen) atoms. The summed E-state index contributed by atoms with van der Waals surface area (Å²) in [6.07, 6.45) is 0.897. The minimum atomic E-state index is -0.667. The summed E-state index contributed by atoms with van der Waals surface area (Å²) in [6.45, 7) is 1.68. The summed E-state index contributed by atoms with van der Waals surface area (Å²) < 4.78 is 7.17. The number of ether oxygens (including phenoxy) is 1. The number of nitrogens with one attached hydrogen (secondary N) is 1. The van der Waals surface area contributed by atoms with Gasteiger partial charge < -0.3 is 4.74 Å². The van der Waals surface area contributed by atoms with Crippen molar-refractivity contribution in [3.8, 4) is 5.75 Å². The van der Waals surface area contributed by atoms with Gasteiger partial charge in [0, 0.05) is 5.02 Å². The Labute approximate surface area is 132 Å². The van der Waals surface area contributed by atoms with Crippen LogP contribution in [0.2, 0.25) is 5.02 Å². The molecule has 1 heterocycles. The molecule has 1 aromatic heterocycles. The van der Waals surface area contributed by atoms with Crippen molar-refractivity contribution in [2.75, 3.05) is 5.43 Å². The highest BCUT2D eigenvalue weighted by atomic mass is 35.5. The van der Waals surface area contributed by atoms with Crippen molar-refractivity contribution >= 4 is 28.5 Å². The third kappa shape index (κ3) is 3.04. The van der Waals surface area contributed by atoms with Gasteiger partial charge in [0.25, 0.3) is 5.91 Å². The van der Waals surface area contributed by atoms with Gasteiger partial charge in [-0.15, -0.1) is 0 Å². The normalized spacial score (nSPS) is 12.1. The highest BCUT2D eigenvalue weighted by molar-refractivity contribution is 6.30. The first-order valence-electron chi connectivity index (χ1n) is 6.78. The van der Waals surface area contributed by atoms with E-state index in [0.29, 0.717) is 10.8 Å². The zero-order valence-electron chi connectivity index (χ0n) is 11.9. The predicted molar refractivity (Wildman–Crippen MR) is 85.6 cm³/mol. The van der Waals surface area contributed by atoms with E-state index in [1.54, 1.807) is 42.2 Å². The van der Waals surface area contributed by atoms with E-state index in [1.165, 1.54) is 0 Å². The molecule has 0 spiro atoms. The number of carbonyl (C=O) groups excluding carboxylic acids is 1. The second-order valence-electron chi connectivity index (χ2n) is 4.80. The van der Waals surface area contributed by atoms with Gasteiger partial charge in [0.15, 0.2) is 6.10 Å². The number of amides is 1. The molecule has 0 aliphatic carbocycles. The van der Waals surface area contributed by atoms with E-state index in [1.807, 2.05) is 24.3 Å². The number of rotatable bonds is 4. The fourth-order valence-electron chi connectivity index (χ4n) is 2.06. The van der Waals surface area contributed by atoms with E-state index in [9.17, 15) is 4.79 Å². The summed E-state index contributed by atoms with van der Waals surface area (Å²) in [6, 6.07) is 14.5. The summed E-state index contributed by atoms with van der Waals surface area (Å²) in [4.78, 5) is 16.4. The Morgan fingerprint density at radius 1 is 1.27 bits per heavy atom. The van der Waals surface area contributed by atoms with Gasteiger partial charge in [-0.3, -0.25) is 10.2 Å². The van der Waals surface area contributed by atoms with Gasteiger partial charge in [0.1, 0.15) is 12.1 Å². The van der Waals surface area contributed by atoms with Crippen LogP contribution in [-0.4, -0.2) is 21.7 Å². The lowest BCUT2D eigenvalue weighted by Gasteiger charge is -2.15. The van der Waals surface area contributed by atoms with Crippen LogP contribution >= 0.6 is 11.6 Å². The van der Waals surface area contributed by atoms with Crippen LogP contribution in [0.15, 0.2) is 54.9 Å². The third-order valence-electron chi connectivity index (χ3n) is 3.16. The van der Waals surface area contributed by atoms with Crippen LogP contribution in [0, 0.1) is 0 Å². The average molecular weight is 316 g/mol. The highest BCUT2D eigenvalue weighted by Crippen LogP contribution is 2.18. The largest absolute Gasteiger partial charge is 0.481 e. The van der Waals surface area contributed by atoms with Gasteiger partial charge in [-0.2, -0.15) is 0 Å². The molecule has 1 unspecified atom stereocenters. The fourth-order valence-corrected chi connectivity index (χ4v) is 2.24. The number of halogens is 1. The van der Waals surface area contributed by atoms with Crippen LogP contribution in [0.25, 0.3) is 11.0 Å². The SMILES string of the molecule is CC(Oc1cccc(Cl)c1)C(=O)Nn1cnc2ccccc21. The van der Waals surface area contributed by atoms with Crippen molar-refractivity contribution in [2.24, 2.45) is 0 Å². The number of hydrogen-bond donors (Lipinski definition) is 1. The van der Waals surface area contributed by atoms with Crippen molar-refractivity contribution < 1.29 is 9.53 Å². The Balaban J connectivity index is 1.71. The standard InChI is InChI=1S/C16H14ClN3O2/c1-11(22-13-6-4-5-12(17)9-13)16(21)19-20-10-18-14-7-2-3-8-15(14)20/h2-11H,1H3,(H,19,21). The van der Waals surface area contributed by atoms with Crippen LogP contribution in [0.1, 0.15) is 6.92 Å². The van der Waals surface area contributed by atoms with Crippen molar-refractivity contribution in [3.63, 3.8) is 0 Å². The molecular formula is C16H14ClN3O2. The van der Waals surface area contributed by atoms with Crippen molar-refractivity contribution in [1.82, 2.24) is 9.66 Å². The van der Waals surface area contributed by atoms with Gasteiger partial charge in [-0.25, -0.2) is 9.66 Å². The van der Waals surface area contributed by atoms with Crippen LogP contribution in [0.4, 0.5) is 0 Å². The molecular weight excluding hydrogens is 302 g/mol. The minimum Gasteiger partial charge on any atom is -0.481 e. The first kappa shape index (κ1) is 14.4. The van der Waals surface area contributed by atoms with Crippen LogP contribution in [-0.2, 0) is 4.79 Å². The molecule has 0 radical (unpaired) electrons. The van der Waals surface area contributed by atoms with Crippen LogP contribution < -0.4 is 10.2 Å². The maximum Gasteiger partial charge on any atom is 0.279 e. The molecule has 5 nitrogen and oxygen atoms in total. The van der Waals surface area contributed by atoms with Crippen molar-refractivity contribution in [1.29, 1.82) is 0 Å². The number of imidazole rings is 1. The van der Waals surface area contributed by atoms with Gasteiger partial charge >= 0.3 is 0 Å². The fraction of sp³-hybridized carbons (Fsp3) is 0.125. The second kappa shape index (κ2) is 6.07. The number of hydrogen-bond acceptors (Lipinski definition) is 3. The molecule has 0 aliphatic heterocycles. The zero-order valence-corrected chi connectivity index (χ0v) is 12.6. The lowest BCUT2D eigenvalue weighted by molar-refractivity contribution is -0.122. The summed E-state index contributed by atoms with van der Waals surface area (Å²) in [5, 5.41) is 0.561. The molecule has 6 heteroatoms. The Morgan fingerprint density at radius 3 is 2.91 bits per heavy atom. The highest BCUT2D eigenvalue weighted by Gasteiger charge is 2.16. The van der Waals surface area contributed by atoms with Gasteiger partial charge in [0.05, 0.1) is 11.0 Å². The lowest BCUT2D eigenvalue weighted by atomic mass is 10.3. The molecule has 1 atom stereocenters. The smallest absolute Gasteiger partial charge is 0.279 e. The Hall–Kier alpha value is -2.53. The number of benzene rings is 2. The number of aromatic nitrogens is 2. The van der Waals surface area contributed by atoms with E-state index in [4.69, 9.17) is 16.3 Å². The molecule has 1 N–H and O–H groups in total. The van der Waals surface area contributed by atoms with E-state index in [2.05, 4.69) is 10.4 Å².